The van der Waals surface area contributed by atoms with Crippen molar-refractivity contribution in [3.63, 3.8) is 0 Å². The third-order valence-electron chi connectivity index (χ3n) is 1.80. The molecule has 2 unspecified atom stereocenters. The van der Waals surface area contributed by atoms with Crippen molar-refractivity contribution >= 4 is 0 Å². The summed E-state index contributed by atoms with van der Waals surface area (Å²) in [6.45, 7) is 8.60. The molecule has 1 saturated carbocycles. The molecule has 1 rings (SSSR count). The minimum atomic E-state index is 1.06. The van der Waals surface area contributed by atoms with Gasteiger partial charge in [0.15, 0.2) is 0 Å². The van der Waals surface area contributed by atoms with Crippen molar-refractivity contribution < 1.29 is 0 Å². The fraction of sp³-hybridized carbons (Fsp3) is 1.00. The molecule has 0 spiro atoms. The molecular formula is C8H18. The highest BCUT2D eigenvalue weighted by molar-refractivity contribution is 4.80. The molecule has 0 saturated heterocycles. The maximum Gasteiger partial charge on any atom is -0.0388 e. The van der Waals surface area contributed by atoms with Crippen molar-refractivity contribution in [1.29, 1.82) is 0 Å². The van der Waals surface area contributed by atoms with Gasteiger partial charge in [0.1, 0.15) is 0 Å². The Bertz CT molecular complexity index is 46.0. The molecule has 0 aromatic heterocycles. The molecule has 0 heterocycles. The van der Waals surface area contributed by atoms with E-state index in [0.29, 0.717) is 0 Å². The van der Waals surface area contributed by atoms with Gasteiger partial charge >= 0.3 is 0 Å². The molecule has 0 aromatic rings. The first kappa shape index (κ1) is 8.00. The molecule has 8 heavy (non-hydrogen) atoms. The molecule has 1 aliphatic rings. The molecule has 0 heteroatoms. The van der Waals surface area contributed by atoms with E-state index < -0.39 is 0 Å². The van der Waals surface area contributed by atoms with E-state index in [1.165, 1.54) is 12.8 Å². The van der Waals surface area contributed by atoms with Crippen molar-refractivity contribution in [2.45, 2.75) is 40.5 Å². The lowest BCUT2D eigenvalue weighted by Crippen LogP contribution is -1.68. The Kier molecular flexibility index (Phi) is 3.94. The molecule has 0 amide bonds. The van der Waals surface area contributed by atoms with Crippen LogP contribution in [0.5, 0.6) is 0 Å². The smallest absolute Gasteiger partial charge is 0.0388 e. The highest BCUT2D eigenvalue weighted by Gasteiger charge is 2.29. The average Bonchev–Trinajstić information content (AvgIpc) is 2.52. The summed E-state index contributed by atoms with van der Waals surface area (Å²) in [4.78, 5) is 0. The van der Waals surface area contributed by atoms with Crippen LogP contribution in [0.1, 0.15) is 40.5 Å². The standard InChI is InChI=1S/C6H12.C2H6/c1-3-6-4-5(6)2;1-2/h5-6H,3-4H2,1-2H3;1-2H3. The van der Waals surface area contributed by atoms with E-state index in [-0.39, 0.29) is 0 Å². The zero-order chi connectivity index (χ0) is 6.57. The van der Waals surface area contributed by atoms with Gasteiger partial charge in [0.25, 0.3) is 0 Å². The third-order valence-corrected chi connectivity index (χ3v) is 1.80. The van der Waals surface area contributed by atoms with E-state index in [9.17, 15) is 0 Å². The first-order valence-corrected chi connectivity index (χ1v) is 3.84. The summed E-state index contributed by atoms with van der Waals surface area (Å²) < 4.78 is 0. The predicted molar refractivity (Wildman–Crippen MR) is 38.9 cm³/mol. The largest absolute Gasteiger partial charge is 0.0683 e. The van der Waals surface area contributed by atoms with Crippen molar-refractivity contribution in [2.24, 2.45) is 11.8 Å². The summed E-state index contributed by atoms with van der Waals surface area (Å²) in [5.41, 5.74) is 0. The van der Waals surface area contributed by atoms with E-state index in [1.54, 1.807) is 0 Å². The third kappa shape index (κ3) is 2.34. The van der Waals surface area contributed by atoms with Crippen LogP contribution >= 0.6 is 0 Å². The Morgan fingerprint density at radius 1 is 1.38 bits per heavy atom. The van der Waals surface area contributed by atoms with Crippen LogP contribution in [0.15, 0.2) is 0 Å². The molecule has 0 aliphatic heterocycles. The van der Waals surface area contributed by atoms with Gasteiger partial charge < -0.3 is 0 Å². The average molecular weight is 114 g/mol. The number of hydrogen-bond donors (Lipinski definition) is 0. The first-order valence-electron chi connectivity index (χ1n) is 3.84. The lowest BCUT2D eigenvalue weighted by molar-refractivity contribution is 0.724. The lowest BCUT2D eigenvalue weighted by atomic mass is 10.3. The summed E-state index contributed by atoms with van der Waals surface area (Å²) in [7, 11) is 0. The Morgan fingerprint density at radius 3 is 1.75 bits per heavy atom. The number of hydrogen-bond acceptors (Lipinski definition) is 0. The van der Waals surface area contributed by atoms with Crippen LogP contribution in [-0.2, 0) is 0 Å². The maximum absolute atomic E-state index is 2.33. The summed E-state index contributed by atoms with van der Waals surface area (Å²) in [5, 5.41) is 0. The van der Waals surface area contributed by atoms with Crippen LogP contribution in [0.2, 0.25) is 0 Å². The molecule has 1 fully saturated rings. The Hall–Kier alpha value is 0. The van der Waals surface area contributed by atoms with Crippen LogP contribution in [0.25, 0.3) is 0 Å². The lowest BCUT2D eigenvalue weighted by Gasteiger charge is -1.79. The van der Waals surface area contributed by atoms with Gasteiger partial charge in [-0.15, -0.1) is 0 Å². The van der Waals surface area contributed by atoms with Gasteiger partial charge in [0.05, 0.1) is 0 Å². The molecule has 0 radical (unpaired) electrons. The molecule has 0 aromatic carbocycles. The van der Waals surface area contributed by atoms with Gasteiger partial charge in [0, 0.05) is 0 Å². The molecule has 50 valence electrons. The SMILES string of the molecule is CC.CCC1CC1C. The highest BCUT2D eigenvalue weighted by atomic mass is 14.3. The molecule has 2 atom stereocenters. The van der Waals surface area contributed by atoms with E-state index in [0.717, 1.165) is 11.8 Å². The summed E-state index contributed by atoms with van der Waals surface area (Å²) >= 11 is 0. The predicted octanol–water partition coefficient (Wildman–Crippen LogP) is 3.08. The summed E-state index contributed by atoms with van der Waals surface area (Å²) in [6, 6.07) is 0. The van der Waals surface area contributed by atoms with Crippen molar-refractivity contribution in [1.82, 2.24) is 0 Å². The van der Waals surface area contributed by atoms with Crippen LogP contribution < -0.4 is 0 Å². The van der Waals surface area contributed by atoms with Crippen molar-refractivity contribution in [3.05, 3.63) is 0 Å². The van der Waals surface area contributed by atoms with Crippen LogP contribution in [-0.4, -0.2) is 0 Å². The Labute approximate surface area is 53.3 Å². The molecule has 0 bridgehead atoms. The van der Waals surface area contributed by atoms with Crippen LogP contribution in [0.4, 0.5) is 0 Å². The van der Waals surface area contributed by atoms with Crippen LogP contribution in [0, 0.1) is 11.8 Å². The second-order valence-electron chi connectivity index (χ2n) is 2.38. The molecular weight excluding hydrogens is 96.1 g/mol. The second kappa shape index (κ2) is 3.94. The monoisotopic (exact) mass is 114 g/mol. The topological polar surface area (TPSA) is 0 Å². The fourth-order valence-electron chi connectivity index (χ4n) is 0.968. The summed E-state index contributed by atoms with van der Waals surface area (Å²) in [5.74, 6) is 2.17. The van der Waals surface area contributed by atoms with Crippen molar-refractivity contribution in [3.8, 4) is 0 Å². The number of rotatable bonds is 1. The van der Waals surface area contributed by atoms with Crippen molar-refractivity contribution in [2.75, 3.05) is 0 Å². The normalized spacial score (nSPS) is 33.0. The van der Waals surface area contributed by atoms with Gasteiger partial charge in [-0.05, 0) is 18.3 Å². The van der Waals surface area contributed by atoms with E-state index >= 15 is 0 Å². The minimum absolute atomic E-state index is 1.06. The zero-order valence-electron chi connectivity index (χ0n) is 6.57. The van der Waals surface area contributed by atoms with Gasteiger partial charge in [-0.2, -0.15) is 0 Å². The van der Waals surface area contributed by atoms with Crippen LogP contribution in [0.3, 0.4) is 0 Å². The Morgan fingerprint density at radius 2 is 1.75 bits per heavy atom. The second-order valence-corrected chi connectivity index (χ2v) is 2.38. The first-order chi connectivity index (χ1) is 3.84. The van der Waals surface area contributed by atoms with Gasteiger partial charge in [-0.1, -0.05) is 34.1 Å². The molecule has 0 N–H and O–H groups in total. The quantitative estimate of drug-likeness (QED) is 0.491. The van der Waals surface area contributed by atoms with E-state index in [4.69, 9.17) is 0 Å². The molecule has 0 nitrogen and oxygen atoms in total. The minimum Gasteiger partial charge on any atom is -0.0683 e. The summed E-state index contributed by atoms with van der Waals surface area (Å²) in [6.07, 6.45) is 2.90. The fourth-order valence-corrected chi connectivity index (χ4v) is 0.968. The Balaban J connectivity index is 0.000000222. The van der Waals surface area contributed by atoms with E-state index in [1.807, 2.05) is 13.8 Å². The maximum atomic E-state index is 2.33. The van der Waals surface area contributed by atoms with E-state index in [2.05, 4.69) is 13.8 Å². The van der Waals surface area contributed by atoms with Gasteiger partial charge in [0.2, 0.25) is 0 Å². The zero-order valence-corrected chi connectivity index (χ0v) is 6.57. The highest BCUT2D eigenvalue weighted by Crippen LogP contribution is 2.39. The van der Waals surface area contributed by atoms with Gasteiger partial charge in [-0.25, -0.2) is 0 Å². The molecule has 1 aliphatic carbocycles. The van der Waals surface area contributed by atoms with Gasteiger partial charge in [-0.3, -0.25) is 0 Å².